The average Bonchev–Trinajstić information content (AvgIpc) is 3.49. The zero-order valence-corrected chi connectivity index (χ0v) is 18.8. The lowest BCUT2D eigenvalue weighted by Gasteiger charge is -2.28. The lowest BCUT2D eigenvalue weighted by molar-refractivity contribution is 0.122. The lowest BCUT2D eigenvalue weighted by atomic mass is 10.1. The van der Waals surface area contributed by atoms with E-state index in [1.807, 2.05) is 49.4 Å². The maximum Gasteiger partial charge on any atom is 0.247 e. The molecular formula is C23H24N6O2S. The van der Waals surface area contributed by atoms with Gasteiger partial charge in [0, 0.05) is 18.7 Å². The van der Waals surface area contributed by atoms with Gasteiger partial charge in [-0.1, -0.05) is 47.7 Å². The van der Waals surface area contributed by atoms with E-state index in [0.29, 0.717) is 25.0 Å². The Morgan fingerprint density at radius 3 is 2.41 bits per heavy atom. The molecule has 0 spiro atoms. The van der Waals surface area contributed by atoms with Gasteiger partial charge in [-0.15, -0.1) is 20.4 Å². The highest BCUT2D eigenvalue weighted by Gasteiger charge is 2.25. The summed E-state index contributed by atoms with van der Waals surface area (Å²) in [4.78, 5) is 2.21. The van der Waals surface area contributed by atoms with Crippen LogP contribution in [0.2, 0.25) is 0 Å². The van der Waals surface area contributed by atoms with Gasteiger partial charge in [-0.25, -0.2) is 0 Å². The summed E-state index contributed by atoms with van der Waals surface area (Å²) in [6.07, 6.45) is 0. The fourth-order valence-electron chi connectivity index (χ4n) is 3.53. The fourth-order valence-corrected chi connectivity index (χ4v) is 4.42. The standard InChI is InChI=1S/C23H24N6O2S/c1-16-8-10-18(11-9-16)21-25-24-20(31-21)17(2)32-23-27-26-22(28-12-14-30-15-13-28)29(23)19-6-4-3-5-7-19/h3-11,17H,12-15H2,1-2H3. The Balaban J connectivity index is 1.42. The van der Waals surface area contributed by atoms with E-state index >= 15 is 0 Å². The molecule has 0 saturated carbocycles. The molecule has 0 radical (unpaired) electrons. The molecule has 0 aliphatic carbocycles. The van der Waals surface area contributed by atoms with E-state index in [4.69, 9.17) is 9.15 Å². The van der Waals surface area contributed by atoms with E-state index in [0.717, 1.165) is 35.4 Å². The summed E-state index contributed by atoms with van der Waals surface area (Å²) in [5, 5.41) is 18.2. The number of anilines is 1. The second-order valence-corrected chi connectivity index (χ2v) is 8.93. The minimum atomic E-state index is -0.0918. The van der Waals surface area contributed by atoms with Crippen LogP contribution in [0.25, 0.3) is 17.1 Å². The highest BCUT2D eigenvalue weighted by Crippen LogP contribution is 2.37. The third kappa shape index (κ3) is 4.26. The van der Waals surface area contributed by atoms with Crippen molar-refractivity contribution in [2.24, 2.45) is 0 Å². The first-order chi connectivity index (χ1) is 15.7. The predicted molar refractivity (Wildman–Crippen MR) is 123 cm³/mol. The molecular weight excluding hydrogens is 424 g/mol. The molecule has 4 aromatic rings. The Labute approximate surface area is 190 Å². The van der Waals surface area contributed by atoms with Crippen LogP contribution >= 0.6 is 11.8 Å². The van der Waals surface area contributed by atoms with Crippen LogP contribution in [0.5, 0.6) is 0 Å². The van der Waals surface area contributed by atoms with Gasteiger partial charge in [-0.3, -0.25) is 4.57 Å². The number of aromatic nitrogens is 5. The molecule has 1 fully saturated rings. The van der Waals surface area contributed by atoms with Crippen molar-refractivity contribution in [3.8, 4) is 17.1 Å². The number of morpholine rings is 1. The van der Waals surface area contributed by atoms with E-state index < -0.39 is 0 Å². The topological polar surface area (TPSA) is 82.1 Å². The van der Waals surface area contributed by atoms with E-state index in [1.165, 1.54) is 5.56 Å². The molecule has 0 bridgehead atoms. The monoisotopic (exact) mass is 448 g/mol. The SMILES string of the molecule is Cc1ccc(-c2nnc(C(C)Sc3nnc(N4CCOCC4)n3-c3ccccc3)o2)cc1. The molecule has 1 aliphatic rings. The van der Waals surface area contributed by atoms with Gasteiger partial charge < -0.3 is 14.1 Å². The number of ether oxygens (including phenoxy) is 1. The van der Waals surface area contributed by atoms with Crippen LogP contribution in [-0.2, 0) is 4.74 Å². The third-order valence-electron chi connectivity index (χ3n) is 5.29. The highest BCUT2D eigenvalue weighted by molar-refractivity contribution is 7.99. The number of aryl methyl sites for hydroxylation is 1. The van der Waals surface area contributed by atoms with Crippen molar-refractivity contribution in [3.63, 3.8) is 0 Å². The summed E-state index contributed by atoms with van der Waals surface area (Å²) in [5.41, 5.74) is 3.11. The van der Waals surface area contributed by atoms with Gasteiger partial charge in [0.2, 0.25) is 17.7 Å². The normalized spacial score (nSPS) is 15.1. The number of hydrogen-bond acceptors (Lipinski definition) is 8. The van der Waals surface area contributed by atoms with E-state index in [2.05, 4.69) is 48.9 Å². The van der Waals surface area contributed by atoms with Crippen LogP contribution < -0.4 is 4.90 Å². The Morgan fingerprint density at radius 2 is 1.66 bits per heavy atom. The van der Waals surface area contributed by atoms with Crippen LogP contribution in [0.1, 0.15) is 23.6 Å². The molecule has 9 heteroatoms. The third-order valence-corrected chi connectivity index (χ3v) is 6.32. The lowest BCUT2D eigenvalue weighted by Crippen LogP contribution is -2.37. The molecule has 8 nitrogen and oxygen atoms in total. The molecule has 1 saturated heterocycles. The number of thioether (sulfide) groups is 1. The Bertz CT molecular complexity index is 1170. The summed E-state index contributed by atoms with van der Waals surface area (Å²) in [6.45, 7) is 7.03. The first kappa shape index (κ1) is 20.7. The molecule has 2 aromatic carbocycles. The van der Waals surface area contributed by atoms with E-state index in [9.17, 15) is 0 Å². The Morgan fingerprint density at radius 1 is 0.906 bits per heavy atom. The first-order valence-electron chi connectivity index (χ1n) is 10.6. The van der Waals surface area contributed by atoms with Crippen molar-refractivity contribution < 1.29 is 9.15 Å². The zero-order chi connectivity index (χ0) is 21.9. The van der Waals surface area contributed by atoms with Gasteiger partial charge in [0.15, 0.2) is 5.16 Å². The zero-order valence-electron chi connectivity index (χ0n) is 18.0. The molecule has 0 amide bonds. The van der Waals surface area contributed by atoms with E-state index in [-0.39, 0.29) is 5.25 Å². The second-order valence-electron chi connectivity index (χ2n) is 7.62. The van der Waals surface area contributed by atoms with Gasteiger partial charge in [-0.2, -0.15) is 0 Å². The van der Waals surface area contributed by atoms with Crippen molar-refractivity contribution in [1.29, 1.82) is 0 Å². The molecule has 1 aliphatic heterocycles. The number of benzene rings is 2. The van der Waals surface area contributed by atoms with Crippen molar-refractivity contribution in [2.75, 3.05) is 31.2 Å². The van der Waals surface area contributed by atoms with Crippen molar-refractivity contribution in [3.05, 3.63) is 66.1 Å². The van der Waals surface area contributed by atoms with Gasteiger partial charge in [0.05, 0.1) is 24.2 Å². The van der Waals surface area contributed by atoms with Crippen LogP contribution in [0, 0.1) is 6.92 Å². The van der Waals surface area contributed by atoms with Crippen LogP contribution in [0.15, 0.2) is 64.2 Å². The molecule has 3 heterocycles. The highest BCUT2D eigenvalue weighted by atomic mass is 32.2. The summed E-state index contributed by atoms with van der Waals surface area (Å²) >= 11 is 1.55. The van der Waals surface area contributed by atoms with Crippen LogP contribution in [0.4, 0.5) is 5.95 Å². The van der Waals surface area contributed by atoms with Gasteiger partial charge >= 0.3 is 0 Å². The van der Waals surface area contributed by atoms with E-state index in [1.54, 1.807) is 11.8 Å². The maximum atomic E-state index is 5.98. The second kappa shape index (κ2) is 9.13. The molecule has 1 unspecified atom stereocenters. The summed E-state index contributed by atoms with van der Waals surface area (Å²) in [6, 6.07) is 18.2. The van der Waals surface area contributed by atoms with Crippen LogP contribution in [0.3, 0.4) is 0 Å². The largest absolute Gasteiger partial charge is 0.419 e. The summed E-state index contributed by atoms with van der Waals surface area (Å²) in [7, 11) is 0. The minimum Gasteiger partial charge on any atom is -0.419 e. The summed E-state index contributed by atoms with van der Waals surface area (Å²) < 4.78 is 13.6. The molecule has 2 aromatic heterocycles. The number of nitrogens with zero attached hydrogens (tertiary/aromatic N) is 6. The fraction of sp³-hybridized carbons (Fsp3) is 0.304. The number of hydrogen-bond donors (Lipinski definition) is 0. The maximum absolute atomic E-state index is 5.98. The van der Waals surface area contributed by atoms with Gasteiger partial charge in [-0.05, 0) is 38.1 Å². The molecule has 164 valence electrons. The van der Waals surface area contributed by atoms with Gasteiger partial charge in [0.1, 0.15) is 0 Å². The molecule has 0 N–H and O–H groups in total. The number of para-hydroxylation sites is 1. The van der Waals surface area contributed by atoms with Crippen molar-refractivity contribution in [1.82, 2.24) is 25.0 Å². The Kier molecular flexibility index (Phi) is 5.91. The molecule has 32 heavy (non-hydrogen) atoms. The quantitative estimate of drug-likeness (QED) is 0.404. The molecule has 5 rings (SSSR count). The first-order valence-corrected chi connectivity index (χ1v) is 11.5. The Hall–Kier alpha value is -3.17. The van der Waals surface area contributed by atoms with Crippen molar-refractivity contribution >= 4 is 17.7 Å². The number of rotatable bonds is 6. The smallest absolute Gasteiger partial charge is 0.247 e. The minimum absolute atomic E-state index is 0.0918. The van der Waals surface area contributed by atoms with Gasteiger partial charge in [0.25, 0.3) is 0 Å². The van der Waals surface area contributed by atoms with Crippen LogP contribution in [-0.4, -0.2) is 51.3 Å². The molecule has 1 atom stereocenters. The average molecular weight is 449 g/mol. The predicted octanol–water partition coefficient (Wildman–Crippen LogP) is 4.32. The van der Waals surface area contributed by atoms with Crippen molar-refractivity contribution in [2.45, 2.75) is 24.3 Å². The summed E-state index contributed by atoms with van der Waals surface area (Å²) in [5.74, 6) is 1.90.